The van der Waals surface area contributed by atoms with E-state index < -0.39 is 99.2 Å². The standard InChI is InChI=1S/C17H30O14/c1-4-7(20)10(23)13(26)15(27-4)30-14-11(24)8(21)5(2-18)29-17(14)31-16-12(25)9(22)6(3-19)28-16/h4-26H,2-3H2,1H3/t4-,5+,6+,7-,8+,9+,10+,11-,12-,13+,14+,15?,16?,17-/m0/s1. The number of hydrogen-bond donors (Lipinski definition) is 9. The lowest BCUT2D eigenvalue weighted by Crippen LogP contribution is -2.64. The third-order valence-corrected chi connectivity index (χ3v) is 5.69. The molecule has 0 aliphatic carbocycles. The molecule has 0 amide bonds. The third-order valence-electron chi connectivity index (χ3n) is 5.69. The average Bonchev–Trinajstić information content (AvgIpc) is 3.02. The van der Waals surface area contributed by atoms with Crippen LogP contribution in [0.2, 0.25) is 0 Å². The highest BCUT2D eigenvalue weighted by Crippen LogP contribution is 2.32. The van der Waals surface area contributed by atoms with Crippen molar-refractivity contribution < 1.29 is 69.6 Å². The lowest BCUT2D eigenvalue weighted by atomic mass is 9.97. The summed E-state index contributed by atoms with van der Waals surface area (Å²) in [6.07, 6.45) is -21.0. The van der Waals surface area contributed by atoms with Gasteiger partial charge in [0.15, 0.2) is 18.9 Å². The van der Waals surface area contributed by atoms with Crippen LogP contribution in [-0.4, -0.2) is 145 Å². The third kappa shape index (κ3) is 4.87. The minimum absolute atomic E-state index is 0.621. The van der Waals surface area contributed by atoms with Crippen molar-refractivity contribution in [3.63, 3.8) is 0 Å². The first-order valence-electron chi connectivity index (χ1n) is 9.86. The van der Waals surface area contributed by atoms with Crippen LogP contribution in [0.1, 0.15) is 6.92 Å². The molecule has 14 atom stereocenters. The lowest BCUT2D eigenvalue weighted by Gasteiger charge is -2.46. The lowest BCUT2D eigenvalue weighted by molar-refractivity contribution is -0.382. The Balaban J connectivity index is 1.78. The molecule has 3 rings (SSSR count). The van der Waals surface area contributed by atoms with Crippen LogP contribution in [0, 0.1) is 0 Å². The zero-order chi connectivity index (χ0) is 23.0. The Hall–Kier alpha value is -0.560. The quantitative estimate of drug-likeness (QED) is 0.181. The van der Waals surface area contributed by atoms with Gasteiger partial charge >= 0.3 is 0 Å². The SMILES string of the molecule is C[C@@H]1OC(O[C@H]2[C@H](OC3O[C@H](CO)[C@@H](O)[C@@H]3O)O[C@H](CO)[C@@H](O)[C@@H]2O)[C@H](O)[C@H](O)[C@H]1O. The summed E-state index contributed by atoms with van der Waals surface area (Å²) < 4.78 is 26.9. The van der Waals surface area contributed by atoms with Gasteiger partial charge in [0.2, 0.25) is 0 Å². The topological polar surface area (TPSA) is 228 Å². The van der Waals surface area contributed by atoms with E-state index in [1.807, 2.05) is 0 Å². The van der Waals surface area contributed by atoms with Gasteiger partial charge in [-0.3, -0.25) is 0 Å². The van der Waals surface area contributed by atoms with Gasteiger partial charge in [-0.05, 0) is 6.92 Å². The molecule has 0 aromatic carbocycles. The summed E-state index contributed by atoms with van der Waals surface area (Å²) in [5.74, 6) is 0. The summed E-state index contributed by atoms with van der Waals surface area (Å²) in [5.41, 5.74) is 0. The number of aliphatic hydroxyl groups is 9. The predicted octanol–water partition coefficient (Wildman–Crippen LogP) is -5.91. The second kappa shape index (κ2) is 10.1. The van der Waals surface area contributed by atoms with E-state index in [0.717, 1.165) is 0 Å². The van der Waals surface area contributed by atoms with Gasteiger partial charge in [0.1, 0.15) is 61.0 Å². The molecule has 3 saturated heterocycles. The molecular formula is C17H30O14. The van der Waals surface area contributed by atoms with Crippen LogP contribution in [0.5, 0.6) is 0 Å². The molecule has 0 aromatic rings. The summed E-state index contributed by atoms with van der Waals surface area (Å²) in [5, 5.41) is 89.2. The van der Waals surface area contributed by atoms with Crippen molar-refractivity contribution in [1.82, 2.24) is 0 Å². The monoisotopic (exact) mass is 458 g/mol. The zero-order valence-corrected chi connectivity index (χ0v) is 16.6. The molecule has 14 heteroatoms. The summed E-state index contributed by atoms with van der Waals surface area (Å²) in [7, 11) is 0. The van der Waals surface area contributed by atoms with Crippen LogP contribution in [0.25, 0.3) is 0 Å². The maximum absolute atomic E-state index is 10.5. The fourth-order valence-electron chi connectivity index (χ4n) is 3.70. The van der Waals surface area contributed by atoms with Crippen molar-refractivity contribution in [3.05, 3.63) is 0 Å². The summed E-state index contributed by atoms with van der Waals surface area (Å²) in [4.78, 5) is 0. The average molecular weight is 458 g/mol. The molecule has 2 unspecified atom stereocenters. The van der Waals surface area contributed by atoms with Crippen LogP contribution >= 0.6 is 0 Å². The minimum atomic E-state index is -1.75. The molecule has 0 aromatic heterocycles. The summed E-state index contributed by atoms with van der Waals surface area (Å²) in [6.45, 7) is 0.0727. The van der Waals surface area contributed by atoms with E-state index >= 15 is 0 Å². The van der Waals surface area contributed by atoms with Crippen LogP contribution in [0.4, 0.5) is 0 Å². The van der Waals surface area contributed by atoms with Gasteiger partial charge in [-0.1, -0.05) is 0 Å². The second-order valence-electron chi connectivity index (χ2n) is 7.83. The molecule has 0 radical (unpaired) electrons. The van der Waals surface area contributed by atoms with E-state index in [2.05, 4.69) is 0 Å². The first-order chi connectivity index (χ1) is 14.6. The number of ether oxygens (including phenoxy) is 5. The van der Waals surface area contributed by atoms with Crippen molar-refractivity contribution >= 4 is 0 Å². The summed E-state index contributed by atoms with van der Waals surface area (Å²) >= 11 is 0. The number of aliphatic hydroxyl groups excluding tert-OH is 9. The highest BCUT2D eigenvalue weighted by Gasteiger charge is 2.53. The van der Waals surface area contributed by atoms with Crippen LogP contribution in [-0.2, 0) is 23.7 Å². The van der Waals surface area contributed by atoms with Crippen molar-refractivity contribution in [2.24, 2.45) is 0 Å². The van der Waals surface area contributed by atoms with Gasteiger partial charge in [0, 0.05) is 0 Å². The smallest absolute Gasteiger partial charge is 0.190 e. The molecule has 0 spiro atoms. The van der Waals surface area contributed by atoms with Gasteiger partial charge < -0.3 is 69.6 Å². The Bertz CT molecular complexity index is 581. The highest BCUT2D eigenvalue weighted by molar-refractivity contribution is 4.94. The fraction of sp³-hybridized carbons (Fsp3) is 1.00. The molecule has 3 heterocycles. The maximum Gasteiger partial charge on any atom is 0.190 e. The molecule has 0 bridgehead atoms. The summed E-state index contributed by atoms with van der Waals surface area (Å²) in [6, 6.07) is 0. The van der Waals surface area contributed by atoms with Crippen LogP contribution in [0.15, 0.2) is 0 Å². The highest BCUT2D eigenvalue weighted by atomic mass is 16.8. The van der Waals surface area contributed by atoms with Crippen LogP contribution in [0.3, 0.4) is 0 Å². The van der Waals surface area contributed by atoms with E-state index in [0.29, 0.717) is 0 Å². The van der Waals surface area contributed by atoms with E-state index in [1.165, 1.54) is 6.92 Å². The fourth-order valence-corrected chi connectivity index (χ4v) is 3.70. The van der Waals surface area contributed by atoms with Crippen molar-refractivity contribution in [3.8, 4) is 0 Å². The van der Waals surface area contributed by atoms with Crippen molar-refractivity contribution in [1.29, 1.82) is 0 Å². The predicted molar refractivity (Wildman–Crippen MR) is 93.8 cm³/mol. The Kier molecular flexibility index (Phi) is 8.21. The molecule has 9 N–H and O–H groups in total. The van der Waals surface area contributed by atoms with Crippen LogP contribution < -0.4 is 0 Å². The molecule has 31 heavy (non-hydrogen) atoms. The first kappa shape index (κ1) is 25.1. The van der Waals surface area contributed by atoms with E-state index in [-0.39, 0.29) is 0 Å². The zero-order valence-electron chi connectivity index (χ0n) is 16.6. The molecule has 14 nitrogen and oxygen atoms in total. The van der Waals surface area contributed by atoms with Crippen molar-refractivity contribution in [2.45, 2.75) is 92.9 Å². The van der Waals surface area contributed by atoms with E-state index in [9.17, 15) is 46.0 Å². The molecule has 3 fully saturated rings. The van der Waals surface area contributed by atoms with Gasteiger partial charge in [-0.15, -0.1) is 0 Å². The van der Waals surface area contributed by atoms with E-state index in [1.54, 1.807) is 0 Å². The molecule has 0 saturated carbocycles. The maximum atomic E-state index is 10.5. The molecule has 3 aliphatic rings. The molecule has 182 valence electrons. The molecular weight excluding hydrogens is 428 g/mol. The Morgan fingerprint density at radius 3 is 1.61 bits per heavy atom. The van der Waals surface area contributed by atoms with E-state index in [4.69, 9.17) is 23.7 Å². The Morgan fingerprint density at radius 1 is 0.548 bits per heavy atom. The second-order valence-corrected chi connectivity index (χ2v) is 7.83. The number of hydrogen-bond acceptors (Lipinski definition) is 14. The van der Waals surface area contributed by atoms with Gasteiger partial charge in [-0.2, -0.15) is 0 Å². The van der Waals surface area contributed by atoms with Gasteiger partial charge in [0.25, 0.3) is 0 Å². The van der Waals surface area contributed by atoms with Gasteiger partial charge in [-0.25, -0.2) is 0 Å². The Labute approximate surface area is 176 Å². The van der Waals surface area contributed by atoms with Gasteiger partial charge in [0.05, 0.1) is 19.3 Å². The number of rotatable bonds is 6. The Morgan fingerprint density at radius 2 is 1.03 bits per heavy atom. The first-order valence-corrected chi connectivity index (χ1v) is 9.86. The normalized spacial score (nSPS) is 53.6. The molecule has 3 aliphatic heterocycles. The van der Waals surface area contributed by atoms with Crippen molar-refractivity contribution in [2.75, 3.05) is 13.2 Å². The largest absolute Gasteiger partial charge is 0.394 e. The minimum Gasteiger partial charge on any atom is -0.394 e.